The highest BCUT2D eigenvalue weighted by Gasteiger charge is 2.19. The number of amides is 1. The average Bonchev–Trinajstić information content (AvgIpc) is 3.15. The van der Waals surface area contributed by atoms with Gasteiger partial charge in [-0.2, -0.15) is 0 Å². The summed E-state index contributed by atoms with van der Waals surface area (Å²) in [6, 6.07) is 13.1. The quantitative estimate of drug-likeness (QED) is 0.573. The number of carbonyl (C=O) groups is 2. The summed E-state index contributed by atoms with van der Waals surface area (Å²) in [4.78, 5) is 33.3. The largest absolute Gasteiger partial charge is 0.496 e. The van der Waals surface area contributed by atoms with Gasteiger partial charge in [0.05, 0.1) is 18.5 Å². The van der Waals surface area contributed by atoms with Crippen molar-refractivity contribution in [1.29, 1.82) is 0 Å². The van der Waals surface area contributed by atoms with Gasteiger partial charge in [-0.25, -0.2) is 9.78 Å². The molecule has 0 spiro atoms. The zero-order valence-corrected chi connectivity index (χ0v) is 17.0. The van der Waals surface area contributed by atoms with Crippen molar-refractivity contribution < 1.29 is 19.1 Å². The molecule has 0 bridgehead atoms. The van der Waals surface area contributed by atoms with E-state index in [-0.39, 0.29) is 12.5 Å². The van der Waals surface area contributed by atoms with E-state index in [4.69, 9.17) is 9.47 Å². The molecule has 1 amide bonds. The fraction of sp³-hybridized carbons (Fsp3) is 0.238. The summed E-state index contributed by atoms with van der Waals surface area (Å²) >= 11 is 1.20. The van der Waals surface area contributed by atoms with Gasteiger partial charge in [-0.1, -0.05) is 24.3 Å². The topological polar surface area (TPSA) is 90.4 Å². The Balaban J connectivity index is 1.49. The predicted molar refractivity (Wildman–Crippen MR) is 110 cm³/mol. The van der Waals surface area contributed by atoms with Gasteiger partial charge in [-0.05, 0) is 37.1 Å². The molecule has 0 radical (unpaired) electrons. The molecule has 0 saturated carbocycles. The van der Waals surface area contributed by atoms with Gasteiger partial charge in [0, 0.05) is 12.7 Å². The molecule has 0 atom stereocenters. The molecule has 0 aliphatic rings. The molecule has 3 rings (SSSR count). The van der Waals surface area contributed by atoms with Crippen LogP contribution in [0.15, 0.2) is 48.7 Å². The van der Waals surface area contributed by atoms with Crippen LogP contribution >= 0.6 is 11.3 Å². The van der Waals surface area contributed by atoms with E-state index < -0.39 is 5.97 Å². The summed E-state index contributed by atoms with van der Waals surface area (Å²) in [6.07, 6.45) is 2.28. The lowest BCUT2D eigenvalue weighted by Crippen LogP contribution is -2.30. The summed E-state index contributed by atoms with van der Waals surface area (Å²) in [6.45, 7) is 1.80. The molecule has 2 heterocycles. The Bertz CT molecular complexity index is 989. The van der Waals surface area contributed by atoms with Crippen LogP contribution in [-0.2, 0) is 16.0 Å². The maximum absolute atomic E-state index is 12.3. The standard InChI is InChI=1S/C21H21N3O4S/c1-14-19(29-20(24-14)16-8-5-6-11-22-16)21(26)28-13-18(25)23-12-10-15-7-3-4-9-17(15)27-2/h3-9,11H,10,12-13H2,1-2H3,(H,23,25). The first-order valence-electron chi connectivity index (χ1n) is 9.03. The number of rotatable bonds is 8. The minimum absolute atomic E-state index is 0.346. The van der Waals surface area contributed by atoms with Crippen LogP contribution in [0.1, 0.15) is 20.9 Å². The fourth-order valence-electron chi connectivity index (χ4n) is 2.68. The molecule has 150 valence electrons. The SMILES string of the molecule is COc1ccccc1CCNC(=O)COC(=O)c1sc(-c2ccccn2)nc1C. The number of esters is 1. The highest BCUT2D eigenvalue weighted by Crippen LogP contribution is 2.26. The summed E-state index contributed by atoms with van der Waals surface area (Å²) in [7, 11) is 1.61. The van der Waals surface area contributed by atoms with Crippen LogP contribution in [-0.4, -0.2) is 42.1 Å². The van der Waals surface area contributed by atoms with Crippen LogP contribution < -0.4 is 10.1 Å². The number of hydrogen-bond donors (Lipinski definition) is 1. The lowest BCUT2D eigenvalue weighted by atomic mass is 10.1. The van der Waals surface area contributed by atoms with Crippen molar-refractivity contribution in [3.63, 3.8) is 0 Å². The van der Waals surface area contributed by atoms with Gasteiger partial charge >= 0.3 is 5.97 Å². The Morgan fingerprint density at radius 2 is 1.93 bits per heavy atom. The average molecular weight is 411 g/mol. The van der Waals surface area contributed by atoms with E-state index >= 15 is 0 Å². The van der Waals surface area contributed by atoms with Gasteiger partial charge in [0.2, 0.25) is 0 Å². The number of nitrogens with zero attached hydrogens (tertiary/aromatic N) is 2. The second kappa shape index (κ2) is 9.79. The molecule has 0 aliphatic carbocycles. The van der Waals surface area contributed by atoms with E-state index in [0.717, 1.165) is 11.3 Å². The van der Waals surface area contributed by atoms with Gasteiger partial charge < -0.3 is 14.8 Å². The van der Waals surface area contributed by atoms with E-state index in [1.807, 2.05) is 42.5 Å². The highest BCUT2D eigenvalue weighted by atomic mass is 32.1. The highest BCUT2D eigenvalue weighted by molar-refractivity contribution is 7.17. The molecule has 0 aliphatic heterocycles. The first kappa shape index (κ1) is 20.5. The molecule has 3 aromatic rings. The molecule has 0 unspecified atom stereocenters. The number of para-hydroxylation sites is 1. The zero-order valence-electron chi connectivity index (χ0n) is 16.2. The molecule has 0 saturated heterocycles. The smallest absolute Gasteiger partial charge is 0.350 e. The van der Waals surface area contributed by atoms with Crippen molar-refractivity contribution in [1.82, 2.24) is 15.3 Å². The Morgan fingerprint density at radius 1 is 1.14 bits per heavy atom. The third-order valence-corrected chi connectivity index (χ3v) is 5.27. The Labute approximate surface area is 172 Å². The molecule has 1 N–H and O–H groups in total. The van der Waals surface area contributed by atoms with Crippen molar-refractivity contribution in [2.45, 2.75) is 13.3 Å². The first-order valence-corrected chi connectivity index (χ1v) is 9.84. The van der Waals surface area contributed by atoms with Gasteiger partial charge in [0.15, 0.2) is 6.61 Å². The molecule has 0 fully saturated rings. The molecular weight excluding hydrogens is 390 g/mol. The van der Waals surface area contributed by atoms with E-state index in [0.29, 0.717) is 34.2 Å². The van der Waals surface area contributed by atoms with Crippen LogP contribution in [0, 0.1) is 6.92 Å². The second-order valence-corrected chi connectivity index (χ2v) is 7.14. The second-order valence-electron chi connectivity index (χ2n) is 6.14. The minimum atomic E-state index is -0.568. The number of nitrogens with one attached hydrogen (secondary N) is 1. The number of carbonyl (C=O) groups excluding carboxylic acids is 2. The zero-order chi connectivity index (χ0) is 20.6. The van der Waals surface area contributed by atoms with Crippen molar-refractivity contribution in [3.8, 4) is 16.5 Å². The molecule has 1 aromatic carbocycles. The third kappa shape index (κ3) is 5.39. The number of thiazole rings is 1. The number of benzene rings is 1. The van der Waals surface area contributed by atoms with Crippen LogP contribution in [0.5, 0.6) is 5.75 Å². The van der Waals surface area contributed by atoms with Crippen LogP contribution in [0.2, 0.25) is 0 Å². The first-order chi connectivity index (χ1) is 14.1. The van der Waals surface area contributed by atoms with E-state index in [2.05, 4.69) is 15.3 Å². The number of methoxy groups -OCH3 is 1. The summed E-state index contributed by atoms with van der Waals surface area (Å²) in [5.41, 5.74) is 2.24. The maximum atomic E-state index is 12.3. The molecule has 2 aromatic heterocycles. The monoisotopic (exact) mass is 411 g/mol. The van der Waals surface area contributed by atoms with E-state index in [1.165, 1.54) is 11.3 Å². The van der Waals surface area contributed by atoms with Crippen molar-refractivity contribution in [2.75, 3.05) is 20.3 Å². The summed E-state index contributed by atoms with van der Waals surface area (Å²) in [5, 5.41) is 3.38. The Hall–Kier alpha value is -3.26. The predicted octanol–water partition coefficient (Wildman–Crippen LogP) is 3.04. The Morgan fingerprint density at radius 3 is 2.69 bits per heavy atom. The molecular formula is C21H21N3O4S. The van der Waals surface area contributed by atoms with E-state index in [1.54, 1.807) is 20.2 Å². The number of hydrogen-bond acceptors (Lipinski definition) is 7. The number of pyridine rings is 1. The third-order valence-electron chi connectivity index (χ3n) is 4.11. The normalized spacial score (nSPS) is 10.4. The summed E-state index contributed by atoms with van der Waals surface area (Å²) in [5.74, 6) is -0.153. The number of ether oxygens (including phenoxy) is 2. The van der Waals surface area contributed by atoms with Crippen LogP contribution in [0.4, 0.5) is 0 Å². The van der Waals surface area contributed by atoms with Crippen molar-refractivity contribution in [2.24, 2.45) is 0 Å². The lowest BCUT2D eigenvalue weighted by molar-refractivity contribution is -0.124. The van der Waals surface area contributed by atoms with Gasteiger partial charge in [-0.15, -0.1) is 11.3 Å². The van der Waals surface area contributed by atoms with E-state index in [9.17, 15) is 9.59 Å². The van der Waals surface area contributed by atoms with Gasteiger partial charge in [0.25, 0.3) is 5.91 Å². The lowest BCUT2D eigenvalue weighted by Gasteiger charge is -2.09. The maximum Gasteiger partial charge on any atom is 0.350 e. The molecule has 8 heteroatoms. The Kier molecular flexibility index (Phi) is 6.91. The summed E-state index contributed by atoms with van der Waals surface area (Å²) < 4.78 is 10.4. The van der Waals surface area contributed by atoms with Crippen molar-refractivity contribution >= 4 is 23.2 Å². The molecule has 29 heavy (non-hydrogen) atoms. The van der Waals surface area contributed by atoms with Crippen LogP contribution in [0.3, 0.4) is 0 Å². The minimum Gasteiger partial charge on any atom is -0.496 e. The number of aromatic nitrogens is 2. The fourth-order valence-corrected chi connectivity index (χ4v) is 3.62. The number of aryl methyl sites for hydroxylation is 1. The van der Waals surface area contributed by atoms with Crippen molar-refractivity contribution in [3.05, 3.63) is 64.8 Å². The van der Waals surface area contributed by atoms with Gasteiger partial charge in [0.1, 0.15) is 15.6 Å². The molecule has 7 nitrogen and oxygen atoms in total. The van der Waals surface area contributed by atoms with Crippen LogP contribution in [0.25, 0.3) is 10.7 Å². The van der Waals surface area contributed by atoms with Gasteiger partial charge in [-0.3, -0.25) is 9.78 Å².